The van der Waals surface area contributed by atoms with E-state index in [9.17, 15) is 18.0 Å². The van der Waals surface area contributed by atoms with E-state index in [2.05, 4.69) is 5.32 Å². The number of ether oxygens (including phenoxy) is 1. The van der Waals surface area contributed by atoms with Gasteiger partial charge in [-0.15, -0.1) is 0 Å². The first-order chi connectivity index (χ1) is 13.3. The van der Waals surface area contributed by atoms with Crippen LogP contribution in [0.15, 0.2) is 48.5 Å². The highest BCUT2D eigenvalue weighted by molar-refractivity contribution is 7.92. The second-order valence-electron chi connectivity index (χ2n) is 6.22. The zero-order valence-corrected chi connectivity index (χ0v) is 16.4. The molecule has 1 aliphatic rings. The van der Waals surface area contributed by atoms with Gasteiger partial charge in [0.1, 0.15) is 18.8 Å². The highest BCUT2D eigenvalue weighted by atomic mass is 32.2. The summed E-state index contributed by atoms with van der Waals surface area (Å²) in [5.41, 5.74) is 1.31. The molecule has 28 heavy (non-hydrogen) atoms. The molecule has 0 bridgehead atoms. The van der Waals surface area contributed by atoms with Crippen LogP contribution in [0.1, 0.15) is 6.92 Å². The molecule has 0 radical (unpaired) electrons. The predicted molar refractivity (Wildman–Crippen MR) is 107 cm³/mol. The van der Waals surface area contributed by atoms with E-state index in [0.29, 0.717) is 23.7 Å². The second kappa shape index (κ2) is 7.89. The number of carbonyl (C=O) groups is 2. The summed E-state index contributed by atoms with van der Waals surface area (Å²) in [4.78, 5) is 26.3. The number of sulfonamides is 1. The van der Waals surface area contributed by atoms with E-state index in [1.54, 1.807) is 55.5 Å². The molecule has 2 amide bonds. The Morgan fingerprint density at radius 2 is 1.86 bits per heavy atom. The number of anilines is 3. The lowest BCUT2D eigenvalue weighted by Gasteiger charge is -2.31. The van der Waals surface area contributed by atoms with Crippen LogP contribution >= 0.6 is 0 Å². The van der Waals surface area contributed by atoms with Gasteiger partial charge in [0.15, 0.2) is 0 Å². The van der Waals surface area contributed by atoms with Crippen molar-refractivity contribution >= 4 is 38.9 Å². The smallest absolute Gasteiger partial charge is 0.248 e. The van der Waals surface area contributed by atoms with Crippen molar-refractivity contribution in [1.82, 2.24) is 0 Å². The SMILES string of the molecule is CCOc1ccccc1N(CC(=O)N1CC(=O)Nc2ccccc21)S(C)(=O)=O. The molecule has 0 atom stereocenters. The Kier molecular flexibility index (Phi) is 5.55. The molecule has 0 aliphatic carbocycles. The number of hydrogen-bond donors (Lipinski definition) is 1. The Labute approximate surface area is 163 Å². The maximum atomic E-state index is 13.0. The second-order valence-corrected chi connectivity index (χ2v) is 8.12. The Hall–Kier alpha value is -3.07. The maximum Gasteiger partial charge on any atom is 0.248 e. The zero-order valence-electron chi connectivity index (χ0n) is 15.6. The molecular formula is C19H21N3O5S. The molecule has 9 heteroatoms. The topological polar surface area (TPSA) is 96.0 Å². The zero-order chi connectivity index (χ0) is 20.3. The highest BCUT2D eigenvalue weighted by Crippen LogP contribution is 2.32. The maximum absolute atomic E-state index is 13.0. The van der Waals surface area contributed by atoms with Crippen LogP contribution < -0.4 is 19.3 Å². The number of rotatable bonds is 6. The molecule has 2 aromatic carbocycles. The minimum atomic E-state index is -3.78. The number of benzene rings is 2. The number of amides is 2. The van der Waals surface area contributed by atoms with E-state index in [1.165, 1.54) is 4.90 Å². The van der Waals surface area contributed by atoms with Crippen molar-refractivity contribution in [2.24, 2.45) is 0 Å². The molecule has 148 valence electrons. The van der Waals surface area contributed by atoms with Gasteiger partial charge >= 0.3 is 0 Å². The lowest BCUT2D eigenvalue weighted by atomic mass is 10.2. The molecule has 1 heterocycles. The number of para-hydroxylation sites is 4. The molecule has 0 fully saturated rings. The largest absolute Gasteiger partial charge is 0.492 e. The number of fused-ring (bicyclic) bond motifs is 1. The van der Waals surface area contributed by atoms with Crippen LogP contribution in [0.2, 0.25) is 0 Å². The van der Waals surface area contributed by atoms with Crippen molar-refractivity contribution in [3.05, 3.63) is 48.5 Å². The van der Waals surface area contributed by atoms with Crippen molar-refractivity contribution < 1.29 is 22.7 Å². The Balaban J connectivity index is 1.95. The third kappa shape index (κ3) is 4.09. The molecule has 0 unspecified atom stereocenters. The molecule has 0 saturated heterocycles. The van der Waals surface area contributed by atoms with Crippen LogP contribution in [0.5, 0.6) is 5.75 Å². The van der Waals surface area contributed by atoms with Crippen molar-refractivity contribution in [1.29, 1.82) is 0 Å². The molecule has 0 saturated carbocycles. The van der Waals surface area contributed by atoms with Gasteiger partial charge in [0.2, 0.25) is 21.8 Å². The van der Waals surface area contributed by atoms with Crippen LogP contribution in [0.25, 0.3) is 0 Å². The van der Waals surface area contributed by atoms with Gasteiger partial charge < -0.3 is 10.1 Å². The number of carbonyl (C=O) groups excluding carboxylic acids is 2. The Morgan fingerprint density at radius 3 is 2.57 bits per heavy atom. The molecule has 8 nitrogen and oxygen atoms in total. The van der Waals surface area contributed by atoms with E-state index >= 15 is 0 Å². The predicted octanol–water partition coefficient (Wildman–Crippen LogP) is 1.84. The lowest BCUT2D eigenvalue weighted by molar-refractivity contribution is -0.121. The minimum absolute atomic E-state index is 0.180. The summed E-state index contributed by atoms with van der Waals surface area (Å²) in [6.45, 7) is 1.50. The summed E-state index contributed by atoms with van der Waals surface area (Å²) in [5, 5.41) is 2.70. The van der Waals surface area contributed by atoms with Crippen LogP contribution in [0.3, 0.4) is 0 Å². The fourth-order valence-corrected chi connectivity index (χ4v) is 3.84. The summed E-state index contributed by atoms with van der Waals surface area (Å²) >= 11 is 0. The summed E-state index contributed by atoms with van der Waals surface area (Å²) in [7, 11) is -3.78. The fourth-order valence-electron chi connectivity index (χ4n) is 2.99. The van der Waals surface area contributed by atoms with Gasteiger partial charge in [-0.3, -0.25) is 18.8 Å². The average molecular weight is 403 g/mol. The third-order valence-corrected chi connectivity index (χ3v) is 5.31. The van der Waals surface area contributed by atoms with Crippen LogP contribution in [-0.4, -0.2) is 46.2 Å². The monoisotopic (exact) mass is 403 g/mol. The molecule has 0 spiro atoms. The quantitative estimate of drug-likeness (QED) is 0.794. The number of hydrogen-bond acceptors (Lipinski definition) is 5. The normalized spacial score (nSPS) is 13.5. The van der Waals surface area contributed by atoms with E-state index in [0.717, 1.165) is 10.6 Å². The van der Waals surface area contributed by atoms with Gasteiger partial charge in [-0.25, -0.2) is 8.42 Å². The van der Waals surface area contributed by atoms with Gasteiger partial charge in [-0.05, 0) is 31.2 Å². The van der Waals surface area contributed by atoms with Gasteiger partial charge in [0.05, 0.1) is 29.9 Å². The van der Waals surface area contributed by atoms with Gasteiger partial charge in [-0.1, -0.05) is 24.3 Å². The molecule has 0 aromatic heterocycles. The first-order valence-corrected chi connectivity index (χ1v) is 10.5. The van der Waals surface area contributed by atoms with Crippen LogP contribution in [-0.2, 0) is 19.6 Å². The first-order valence-electron chi connectivity index (χ1n) is 8.70. The van der Waals surface area contributed by atoms with Gasteiger partial charge in [0.25, 0.3) is 0 Å². The fraction of sp³-hybridized carbons (Fsp3) is 0.263. The van der Waals surface area contributed by atoms with Crippen molar-refractivity contribution in [2.45, 2.75) is 6.92 Å². The van der Waals surface area contributed by atoms with E-state index in [1.807, 2.05) is 0 Å². The van der Waals surface area contributed by atoms with Crippen molar-refractivity contribution in [2.75, 3.05) is 40.5 Å². The number of nitrogens with one attached hydrogen (secondary N) is 1. The first kappa shape index (κ1) is 19.7. The van der Waals surface area contributed by atoms with E-state index in [-0.39, 0.29) is 18.1 Å². The Bertz CT molecular complexity index is 1010. The summed E-state index contributed by atoms with van der Waals surface area (Å²) in [6.07, 6.45) is 1.03. The molecule has 2 aromatic rings. The third-order valence-electron chi connectivity index (χ3n) is 4.18. The van der Waals surface area contributed by atoms with E-state index in [4.69, 9.17) is 4.74 Å². The lowest BCUT2D eigenvalue weighted by Crippen LogP contribution is -2.47. The standard InChI is InChI=1S/C19H21N3O5S/c1-3-27-17-11-7-6-10-16(17)22(28(2,25)26)13-19(24)21-12-18(23)20-14-8-4-5-9-15(14)21/h4-11H,3,12-13H2,1-2H3,(H,20,23). The van der Waals surface area contributed by atoms with E-state index < -0.39 is 22.5 Å². The van der Waals surface area contributed by atoms with Crippen LogP contribution in [0.4, 0.5) is 17.1 Å². The van der Waals surface area contributed by atoms with Crippen molar-refractivity contribution in [3.8, 4) is 5.75 Å². The molecular weight excluding hydrogens is 382 g/mol. The van der Waals surface area contributed by atoms with Crippen molar-refractivity contribution in [3.63, 3.8) is 0 Å². The summed E-state index contributed by atoms with van der Waals surface area (Å²) in [6, 6.07) is 13.5. The Morgan fingerprint density at radius 1 is 1.18 bits per heavy atom. The molecule has 1 aliphatic heterocycles. The molecule has 1 N–H and O–H groups in total. The molecule has 3 rings (SSSR count). The summed E-state index contributed by atoms with van der Waals surface area (Å²) < 4.78 is 31.4. The number of nitrogens with zero attached hydrogens (tertiary/aromatic N) is 2. The average Bonchev–Trinajstić information content (AvgIpc) is 2.65. The van der Waals surface area contributed by atoms with Gasteiger partial charge in [-0.2, -0.15) is 0 Å². The minimum Gasteiger partial charge on any atom is -0.492 e. The van der Waals surface area contributed by atoms with Crippen LogP contribution in [0, 0.1) is 0 Å². The highest BCUT2D eigenvalue weighted by Gasteiger charge is 2.31. The summed E-state index contributed by atoms with van der Waals surface area (Å²) in [5.74, 6) is -0.494. The van der Waals surface area contributed by atoms with Gasteiger partial charge in [0, 0.05) is 0 Å².